The Bertz CT molecular complexity index is 156. The molecule has 0 heterocycles. The molecular weight excluding hydrogens is 190 g/mol. The third-order valence-electron chi connectivity index (χ3n) is 0.995. The molecule has 3 heteroatoms. The first-order valence-electron chi connectivity index (χ1n) is 2.67. The van der Waals surface area contributed by atoms with Crippen molar-refractivity contribution in [2.75, 3.05) is 0 Å². The van der Waals surface area contributed by atoms with E-state index in [-0.39, 0.29) is 5.92 Å². The van der Waals surface area contributed by atoms with Crippen molar-refractivity contribution in [1.29, 1.82) is 0 Å². The van der Waals surface area contributed by atoms with Crippen LogP contribution < -0.4 is 0 Å². The van der Waals surface area contributed by atoms with Crippen LogP contribution in [0.4, 0.5) is 8.78 Å². The van der Waals surface area contributed by atoms with Crippen molar-refractivity contribution in [2.24, 2.45) is 5.92 Å². The monoisotopic (exact) mass is 194 g/mol. The maximum Gasteiger partial charge on any atom is 0.363 e. The van der Waals surface area contributed by atoms with Crippen molar-refractivity contribution in [1.82, 2.24) is 0 Å². The highest BCUT2D eigenvalue weighted by atomic mass is 79.9. The zero-order valence-corrected chi connectivity index (χ0v) is 6.21. The Morgan fingerprint density at radius 2 is 2.00 bits per heavy atom. The summed E-state index contributed by atoms with van der Waals surface area (Å²) in [5.41, 5.74) is 0. The average molecular weight is 195 g/mol. The third kappa shape index (κ3) is 3.47. The van der Waals surface area contributed by atoms with Gasteiger partial charge in [-0.2, -0.15) is 8.78 Å². The third-order valence-corrected chi connectivity index (χ3v) is 1.19. The first-order valence-corrected chi connectivity index (χ1v) is 3.47. The minimum atomic E-state index is -2.98. The fourth-order valence-corrected chi connectivity index (χ4v) is 0.526. The van der Waals surface area contributed by atoms with Crippen LogP contribution in [0.5, 0.6) is 0 Å². The zero-order valence-electron chi connectivity index (χ0n) is 4.63. The van der Waals surface area contributed by atoms with Crippen LogP contribution in [-0.4, -0.2) is 4.83 Å². The van der Waals surface area contributed by atoms with E-state index >= 15 is 0 Å². The molecule has 0 aromatic rings. The van der Waals surface area contributed by atoms with Crippen molar-refractivity contribution in [2.45, 2.75) is 17.7 Å². The van der Waals surface area contributed by atoms with Gasteiger partial charge in [-0.1, -0.05) is 5.92 Å². The first-order chi connectivity index (χ1) is 4.08. The molecular formula is C6H5BrF2. The van der Waals surface area contributed by atoms with Gasteiger partial charge in [0.1, 0.15) is 0 Å². The van der Waals surface area contributed by atoms with Crippen LogP contribution in [0.15, 0.2) is 0 Å². The lowest BCUT2D eigenvalue weighted by atomic mass is 10.4. The summed E-state index contributed by atoms with van der Waals surface area (Å²) in [7, 11) is 0. The number of rotatable bonds is 0. The molecule has 1 aliphatic carbocycles. The summed E-state index contributed by atoms with van der Waals surface area (Å²) in [5, 5.41) is 0. The molecule has 0 aliphatic heterocycles. The number of hydrogen-bond donors (Lipinski definition) is 0. The van der Waals surface area contributed by atoms with Crippen LogP contribution in [0, 0.1) is 17.8 Å². The van der Waals surface area contributed by atoms with E-state index in [1.54, 1.807) is 0 Å². The topological polar surface area (TPSA) is 0 Å². The minimum absolute atomic E-state index is 0.244. The van der Waals surface area contributed by atoms with Crippen LogP contribution in [-0.2, 0) is 0 Å². The van der Waals surface area contributed by atoms with Crippen LogP contribution in [0.25, 0.3) is 0 Å². The van der Waals surface area contributed by atoms with Gasteiger partial charge in [-0.05, 0) is 18.8 Å². The summed E-state index contributed by atoms with van der Waals surface area (Å²) >= 11 is 2.13. The summed E-state index contributed by atoms with van der Waals surface area (Å²) in [6.07, 6.45) is 1.96. The van der Waals surface area contributed by atoms with Crippen molar-refractivity contribution < 1.29 is 8.78 Å². The maximum absolute atomic E-state index is 11.9. The van der Waals surface area contributed by atoms with E-state index in [0.29, 0.717) is 0 Å². The second-order valence-electron chi connectivity index (χ2n) is 2.04. The van der Waals surface area contributed by atoms with Crippen molar-refractivity contribution in [3.8, 4) is 11.8 Å². The fraction of sp³-hybridized carbons (Fsp3) is 0.667. The summed E-state index contributed by atoms with van der Waals surface area (Å²) in [4.78, 5) is -2.98. The average Bonchev–Trinajstić information content (AvgIpc) is 2.38. The van der Waals surface area contributed by atoms with Gasteiger partial charge in [-0.3, -0.25) is 0 Å². The highest BCUT2D eigenvalue weighted by Crippen LogP contribution is 2.29. The Labute approximate surface area is 60.8 Å². The molecule has 0 nitrogen and oxygen atoms in total. The Kier molecular flexibility index (Phi) is 1.76. The number of alkyl halides is 3. The molecule has 0 amide bonds. The van der Waals surface area contributed by atoms with Gasteiger partial charge in [0.05, 0.1) is 0 Å². The fourth-order valence-electron chi connectivity index (χ4n) is 0.412. The molecule has 0 aromatic heterocycles. The largest absolute Gasteiger partial charge is 0.363 e. The van der Waals surface area contributed by atoms with Crippen molar-refractivity contribution in [3.63, 3.8) is 0 Å². The highest BCUT2D eigenvalue weighted by Gasteiger charge is 2.23. The van der Waals surface area contributed by atoms with Gasteiger partial charge < -0.3 is 0 Å². The molecule has 0 unspecified atom stereocenters. The molecule has 0 aromatic carbocycles. The van der Waals surface area contributed by atoms with E-state index in [2.05, 4.69) is 21.9 Å². The van der Waals surface area contributed by atoms with E-state index in [1.165, 1.54) is 0 Å². The second kappa shape index (κ2) is 2.26. The first kappa shape index (κ1) is 7.01. The molecule has 0 bridgehead atoms. The van der Waals surface area contributed by atoms with E-state index in [4.69, 9.17) is 0 Å². The quantitative estimate of drug-likeness (QED) is 0.411. The van der Waals surface area contributed by atoms with Gasteiger partial charge in [0.25, 0.3) is 0 Å². The second-order valence-corrected chi connectivity index (χ2v) is 3.04. The normalized spacial score (nSPS) is 18.6. The van der Waals surface area contributed by atoms with E-state index < -0.39 is 4.83 Å². The Hall–Kier alpha value is -0.100. The lowest BCUT2D eigenvalue weighted by molar-refractivity contribution is 0.182. The number of halogens is 3. The Balaban J connectivity index is 2.39. The molecule has 1 rings (SSSR count). The van der Waals surface area contributed by atoms with Crippen molar-refractivity contribution in [3.05, 3.63) is 0 Å². The van der Waals surface area contributed by atoms with Crippen LogP contribution >= 0.6 is 15.9 Å². The lowest BCUT2D eigenvalue weighted by Crippen LogP contribution is -1.98. The molecule has 1 fully saturated rings. The maximum atomic E-state index is 11.9. The van der Waals surface area contributed by atoms with Crippen LogP contribution in [0.3, 0.4) is 0 Å². The van der Waals surface area contributed by atoms with E-state index in [1.807, 2.05) is 5.92 Å². The molecule has 0 N–H and O–H groups in total. The predicted octanol–water partition coefficient (Wildman–Crippen LogP) is 2.39. The van der Waals surface area contributed by atoms with E-state index in [0.717, 1.165) is 12.8 Å². The van der Waals surface area contributed by atoms with Gasteiger partial charge in [0.2, 0.25) is 0 Å². The summed E-state index contributed by atoms with van der Waals surface area (Å²) in [5.74, 6) is 4.51. The Morgan fingerprint density at radius 3 is 2.33 bits per heavy atom. The molecule has 0 spiro atoms. The van der Waals surface area contributed by atoms with E-state index in [9.17, 15) is 8.78 Å². The van der Waals surface area contributed by atoms with Gasteiger partial charge in [-0.25, -0.2) is 0 Å². The summed E-state index contributed by atoms with van der Waals surface area (Å²) < 4.78 is 23.7. The molecule has 1 saturated carbocycles. The molecule has 0 atom stereocenters. The summed E-state index contributed by atoms with van der Waals surface area (Å²) in [6.45, 7) is 0. The predicted molar refractivity (Wildman–Crippen MR) is 34.4 cm³/mol. The minimum Gasteiger partial charge on any atom is -0.180 e. The Morgan fingerprint density at radius 1 is 1.44 bits per heavy atom. The number of hydrogen-bond acceptors (Lipinski definition) is 0. The summed E-state index contributed by atoms with van der Waals surface area (Å²) in [6, 6.07) is 0. The van der Waals surface area contributed by atoms with Crippen LogP contribution in [0.2, 0.25) is 0 Å². The van der Waals surface area contributed by atoms with Gasteiger partial charge >= 0.3 is 4.83 Å². The molecule has 0 saturated heterocycles. The standard InChI is InChI=1S/C6H5BrF2/c7-6(8,9)4-3-5-1-2-5/h5H,1-2H2. The van der Waals surface area contributed by atoms with Gasteiger partial charge in [0, 0.05) is 21.8 Å². The van der Waals surface area contributed by atoms with Gasteiger partial charge in [-0.15, -0.1) is 0 Å². The van der Waals surface area contributed by atoms with Gasteiger partial charge in [0.15, 0.2) is 0 Å². The van der Waals surface area contributed by atoms with Crippen molar-refractivity contribution >= 4 is 15.9 Å². The SMILES string of the molecule is FC(F)(Br)C#CC1CC1. The van der Waals surface area contributed by atoms with Crippen LogP contribution in [0.1, 0.15) is 12.8 Å². The lowest BCUT2D eigenvalue weighted by Gasteiger charge is -1.93. The highest BCUT2D eigenvalue weighted by molar-refractivity contribution is 9.10. The molecule has 0 radical (unpaired) electrons. The molecule has 50 valence electrons. The zero-order chi connectivity index (χ0) is 6.91. The molecule has 1 aliphatic rings. The smallest absolute Gasteiger partial charge is 0.180 e. The molecule has 9 heavy (non-hydrogen) atoms.